The first-order valence-corrected chi connectivity index (χ1v) is 10.9. The molecule has 0 radical (unpaired) electrons. The quantitative estimate of drug-likeness (QED) is 0.468. The fraction of sp³-hybridized carbons (Fsp3) is 0.200. The zero-order chi connectivity index (χ0) is 24.2. The summed E-state index contributed by atoms with van der Waals surface area (Å²) < 4.78 is 36.7. The average molecular weight is 459 g/mol. The lowest BCUT2D eigenvalue weighted by molar-refractivity contribution is -0.148. The highest BCUT2D eigenvalue weighted by Crippen LogP contribution is 2.40. The van der Waals surface area contributed by atoms with Gasteiger partial charge in [0, 0.05) is 29.2 Å². The Morgan fingerprint density at radius 1 is 1.06 bits per heavy atom. The van der Waals surface area contributed by atoms with Crippen LogP contribution >= 0.6 is 0 Å². The second-order valence-corrected chi connectivity index (χ2v) is 8.23. The Bertz CT molecular complexity index is 1220. The van der Waals surface area contributed by atoms with Gasteiger partial charge in [0.15, 0.2) is 0 Å². The summed E-state index contributed by atoms with van der Waals surface area (Å²) >= 11 is 0. The minimum absolute atomic E-state index is 0.00343. The molecule has 2 aliphatic heterocycles. The second-order valence-electron chi connectivity index (χ2n) is 8.23. The third-order valence-corrected chi connectivity index (χ3v) is 6.12. The molecule has 2 aliphatic rings. The highest BCUT2D eigenvalue weighted by molar-refractivity contribution is 6.71. The minimum Gasteiger partial charge on any atom is -0.458 e. The van der Waals surface area contributed by atoms with Crippen LogP contribution in [0.1, 0.15) is 34.2 Å². The van der Waals surface area contributed by atoms with Gasteiger partial charge in [-0.15, -0.1) is 0 Å². The highest BCUT2D eigenvalue weighted by atomic mass is 19.1. The van der Waals surface area contributed by atoms with Gasteiger partial charge in [-0.05, 0) is 29.6 Å². The van der Waals surface area contributed by atoms with Crippen molar-refractivity contribution in [1.82, 2.24) is 0 Å². The number of carbonyl (C=O) groups is 1. The number of benzene rings is 3. The SMILES string of the molecule is Cc1c(F)cc2c(c1F)COB2O.N#CB1CC(=O)OC(c2ccccc2)C1c1ccccc1. The van der Waals surface area contributed by atoms with Gasteiger partial charge < -0.3 is 14.4 Å². The second kappa shape index (κ2) is 10.2. The van der Waals surface area contributed by atoms with Gasteiger partial charge in [0.2, 0.25) is 0 Å². The van der Waals surface area contributed by atoms with E-state index in [0.29, 0.717) is 0 Å². The van der Waals surface area contributed by atoms with E-state index in [1.807, 2.05) is 60.7 Å². The highest BCUT2D eigenvalue weighted by Gasteiger charge is 2.43. The molecule has 0 aromatic heterocycles. The summed E-state index contributed by atoms with van der Waals surface area (Å²) in [5.41, 5.74) is 2.38. The van der Waals surface area contributed by atoms with Crippen LogP contribution in [0, 0.1) is 29.8 Å². The van der Waals surface area contributed by atoms with Crippen molar-refractivity contribution < 1.29 is 28.0 Å². The summed E-state index contributed by atoms with van der Waals surface area (Å²) in [7, 11) is -1.19. The maximum absolute atomic E-state index is 13.3. The molecule has 1 saturated heterocycles. The van der Waals surface area contributed by atoms with Crippen molar-refractivity contribution >= 4 is 25.3 Å². The number of hydrogen-bond acceptors (Lipinski definition) is 5. The molecular formula is C25H21B2F2NO4. The molecule has 2 unspecified atom stereocenters. The van der Waals surface area contributed by atoms with Crippen LogP contribution in [0.2, 0.25) is 6.32 Å². The zero-order valence-corrected chi connectivity index (χ0v) is 18.4. The van der Waals surface area contributed by atoms with E-state index in [0.717, 1.165) is 17.2 Å². The number of rotatable bonds is 2. The van der Waals surface area contributed by atoms with E-state index in [1.165, 1.54) is 6.92 Å². The average Bonchev–Trinajstić information content (AvgIpc) is 3.23. The predicted molar refractivity (Wildman–Crippen MR) is 124 cm³/mol. The maximum Gasteiger partial charge on any atom is 0.491 e. The number of nitriles is 1. The molecule has 3 aromatic carbocycles. The molecule has 1 fully saturated rings. The molecule has 5 nitrogen and oxygen atoms in total. The van der Waals surface area contributed by atoms with Crippen LogP contribution in [0.3, 0.4) is 0 Å². The molecule has 2 atom stereocenters. The summed E-state index contributed by atoms with van der Waals surface area (Å²) in [6.07, 6.45) is -0.251. The monoisotopic (exact) mass is 459 g/mol. The van der Waals surface area contributed by atoms with E-state index in [-0.39, 0.29) is 48.0 Å². The lowest BCUT2D eigenvalue weighted by Crippen LogP contribution is -2.38. The number of nitrogens with zero attached hydrogens (tertiary/aromatic N) is 1. The van der Waals surface area contributed by atoms with Gasteiger partial charge in [-0.25, -0.2) is 14.0 Å². The lowest BCUT2D eigenvalue weighted by Gasteiger charge is -2.33. The molecule has 0 amide bonds. The van der Waals surface area contributed by atoms with Crippen LogP contribution in [0.5, 0.6) is 0 Å². The summed E-state index contributed by atoms with van der Waals surface area (Å²) in [5, 5.41) is 18.6. The lowest BCUT2D eigenvalue weighted by atomic mass is 9.36. The van der Waals surface area contributed by atoms with Gasteiger partial charge >= 0.3 is 7.12 Å². The van der Waals surface area contributed by atoms with Gasteiger partial charge in [-0.2, -0.15) is 0 Å². The van der Waals surface area contributed by atoms with Gasteiger partial charge in [0.05, 0.1) is 6.61 Å². The van der Waals surface area contributed by atoms with Crippen molar-refractivity contribution in [3.8, 4) is 5.97 Å². The number of hydrogen-bond donors (Lipinski definition) is 1. The van der Waals surface area contributed by atoms with Gasteiger partial charge in [0.1, 0.15) is 17.7 Å². The van der Waals surface area contributed by atoms with Gasteiger partial charge in [-0.3, -0.25) is 4.79 Å². The van der Waals surface area contributed by atoms with E-state index >= 15 is 0 Å². The molecule has 170 valence electrons. The van der Waals surface area contributed by atoms with E-state index < -0.39 is 24.9 Å². The molecule has 0 aliphatic carbocycles. The number of ether oxygens (including phenoxy) is 1. The molecule has 9 heteroatoms. The first-order chi connectivity index (χ1) is 16.4. The summed E-state index contributed by atoms with van der Waals surface area (Å²) in [6.45, 7) is 0.998. The van der Waals surface area contributed by atoms with E-state index in [2.05, 4.69) is 5.97 Å². The fourth-order valence-electron chi connectivity index (χ4n) is 4.32. The smallest absolute Gasteiger partial charge is 0.458 e. The van der Waals surface area contributed by atoms with Crippen LogP contribution in [-0.4, -0.2) is 24.8 Å². The van der Waals surface area contributed by atoms with E-state index in [1.54, 1.807) is 0 Å². The molecule has 5 rings (SSSR count). The van der Waals surface area contributed by atoms with E-state index in [4.69, 9.17) is 14.4 Å². The molecular weight excluding hydrogens is 438 g/mol. The van der Waals surface area contributed by atoms with Crippen molar-refractivity contribution in [3.05, 3.63) is 101 Å². The largest absolute Gasteiger partial charge is 0.491 e. The number of carbonyl (C=O) groups excluding carboxylic acids is 1. The van der Waals surface area contributed by atoms with Gasteiger partial charge in [0.25, 0.3) is 12.7 Å². The molecule has 3 aromatic rings. The normalized spacial score (nSPS) is 19.0. The Labute approximate surface area is 197 Å². The van der Waals surface area contributed by atoms with Crippen molar-refractivity contribution in [2.45, 2.75) is 31.8 Å². The van der Waals surface area contributed by atoms with E-state index in [9.17, 15) is 18.8 Å². The first-order valence-electron chi connectivity index (χ1n) is 10.9. The summed E-state index contributed by atoms with van der Waals surface area (Å²) in [5.74, 6) is 0.579. The number of fused-ring (bicyclic) bond motifs is 1. The van der Waals surface area contributed by atoms with Crippen LogP contribution < -0.4 is 5.46 Å². The molecule has 34 heavy (non-hydrogen) atoms. The van der Waals surface area contributed by atoms with Crippen LogP contribution in [0.4, 0.5) is 8.78 Å². The summed E-state index contributed by atoms with van der Waals surface area (Å²) in [6, 6.07) is 20.6. The Morgan fingerprint density at radius 3 is 2.29 bits per heavy atom. The first kappa shape index (κ1) is 23.7. The van der Waals surface area contributed by atoms with Crippen molar-refractivity contribution in [1.29, 1.82) is 5.26 Å². The summed E-state index contributed by atoms with van der Waals surface area (Å²) in [4.78, 5) is 11.8. The predicted octanol–water partition coefficient (Wildman–Crippen LogP) is 3.66. The number of halogens is 2. The Morgan fingerprint density at radius 2 is 1.68 bits per heavy atom. The van der Waals surface area contributed by atoms with Crippen LogP contribution in [0.15, 0.2) is 66.7 Å². The van der Waals surface area contributed by atoms with Gasteiger partial charge in [-0.1, -0.05) is 60.7 Å². The van der Waals surface area contributed by atoms with Crippen LogP contribution in [-0.2, 0) is 20.8 Å². The molecule has 2 heterocycles. The Kier molecular flexibility index (Phi) is 7.11. The molecule has 0 saturated carbocycles. The zero-order valence-electron chi connectivity index (χ0n) is 18.4. The molecule has 0 bridgehead atoms. The Balaban J connectivity index is 0.000000180. The van der Waals surface area contributed by atoms with Crippen molar-refractivity contribution in [2.24, 2.45) is 0 Å². The fourth-order valence-corrected chi connectivity index (χ4v) is 4.32. The molecule has 0 spiro atoms. The number of esters is 1. The third-order valence-electron chi connectivity index (χ3n) is 6.12. The minimum atomic E-state index is -1.19. The van der Waals surface area contributed by atoms with Crippen molar-refractivity contribution in [3.63, 3.8) is 0 Å². The van der Waals surface area contributed by atoms with Crippen molar-refractivity contribution in [2.75, 3.05) is 0 Å². The standard InChI is InChI=1S/C17H14BNO2.C8H7BF2O2/c19-12-18-11-15(20)21-17(14-9-5-2-6-10-14)16(18)13-7-3-1-4-8-13;1-4-7(10)2-6-5(8(4)11)3-13-9(6)12/h1-10,16-17H,11H2;2,12H,3H2,1H3. The maximum atomic E-state index is 13.3. The Hall–Kier alpha value is -3.47. The molecule has 1 N–H and O–H groups in total. The van der Waals surface area contributed by atoms with Crippen LogP contribution in [0.25, 0.3) is 0 Å². The third kappa shape index (κ3) is 4.74. The number of cyclic esters (lactones) is 1. The topological polar surface area (TPSA) is 79.5 Å².